The molecule has 0 N–H and O–H groups in total. The van der Waals surface area contributed by atoms with E-state index in [0.717, 1.165) is 128 Å². The number of ether oxygens (including phenoxy) is 6. The summed E-state index contributed by atoms with van der Waals surface area (Å²) in [5.74, 6) is 7.21. The summed E-state index contributed by atoms with van der Waals surface area (Å²) in [5.41, 5.74) is 3.95. The number of hydrogen-bond donors (Lipinski definition) is 0. The summed E-state index contributed by atoms with van der Waals surface area (Å²) in [5, 5.41) is 10.4. The Morgan fingerprint density at radius 3 is 1.45 bits per heavy atom. The lowest BCUT2D eigenvalue weighted by Gasteiger charge is -2.11. The van der Waals surface area contributed by atoms with Gasteiger partial charge in [-0.15, -0.1) is 0 Å². The van der Waals surface area contributed by atoms with Crippen LogP contribution in [0.5, 0.6) is 34.5 Å². The second-order valence-corrected chi connectivity index (χ2v) is 23.5. The van der Waals surface area contributed by atoms with Gasteiger partial charge in [0.05, 0.1) is 62.6 Å². The number of alkyl halides is 3. The zero-order valence-corrected chi connectivity index (χ0v) is 55.3. The molecule has 6 aromatic rings. The Morgan fingerprint density at radius 1 is 0.581 bits per heavy atom. The number of hydrogen-bond acceptors (Lipinski definition) is 10. The summed E-state index contributed by atoms with van der Waals surface area (Å²) >= 11 is 0. The van der Waals surface area contributed by atoms with Crippen molar-refractivity contribution in [1.82, 2.24) is 0 Å². The van der Waals surface area contributed by atoms with Gasteiger partial charge in [0.25, 0.3) is 5.69 Å². The molecule has 1 heterocycles. The lowest BCUT2D eigenvalue weighted by Crippen LogP contribution is -2.12. The van der Waals surface area contributed by atoms with Crippen molar-refractivity contribution >= 4 is 15.5 Å². The number of rotatable bonds is 21. The molecule has 1 aliphatic rings. The number of para-hydroxylation sites is 2. The van der Waals surface area contributed by atoms with Crippen LogP contribution in [-0.4, -0.2) is 65.5 Å². The number of benzene rings is 6. The highest BCUT2D eigenvalue weighted by molar-refractivity contribution is 7.91. The van der Waals surface area contributed by atoms with Crippen molar-refractivity contribution in [2.45, 2.75) is 167 Å². The summed E-state index contributed by atoms with van der Waals surface area (Å²) in [6.45, 7) is 30.2. The molecule has 0 unspecified atom stereocenters. The lowest BCUT2D eigenvalue weighted by molar-refractivity contribution is -0.385. The molecule has 0 aliphatic carbocycles. The van der Waals surface area contributed by atoms with Crippen molar-refractivity contribution in [2.75, 3.05) is 52.2 Å². The van der Waals surface area contributed by atoms with Crippen LogP contribution in [0.4, 0.5) is 18.9 Å². The molecule has 1 fully saturated rings. The number of halogens is 3. The first-order valence-corrected chi connectivity index (χ1v) is 32.3. The summed E-state index contributed by atoms with van der Waals surface area (Å²) in [4.78, 5) is 10.0. The van der Waals surface area contributed by atoms with E-state index in [-0.39, 0.29) is 16.0 Å². The summed E-state index contributed by atoms with van der Waals surface area (Å²) < 4.78 is 89.8. The third kappa shape index (κ3) is 38.3. The Kier molecular flexibility index (Phi) is 42.8. The minimum Gasteiger partial charge on any atom is -0.497 e. The molecule has 7 rings (SSSR count). The van der Waals surface area contributed by atoms with E-state index in [4.69, 9.17) is 28.4 Å². The highest BCUT2D eigenvalue weighted by Gasteiger charge is 2.34. The van der Waals surface area contributed by atoms with Gasteiger partial charge in [-0.2, -0.15) is 13.2 Å². The van der Waals surface area contributed by atoms with Gasteiger partial charge in [-0.25, -0.2) is 8.42 Å². The number of aryl methyl sites for hydroxylation is 4. The van der Waals surface area contributed by atoms with E-state index >= 15 is 0 Å². The molecule has 1 saturated heterocycles. The van der Waals surface area contributed by atoms with Gasteiger partial charge < -0.3 is 28.4 Å². The summed E-state index contributed by atoms with van der Waals surface area (Å²) in [7, 11) is 0.704. The highest BCUT2D eigenvalue weighted by atomic mass is 32.2. The van der Waals surface area contributed by atoms with Crippen molar-refractivity contribution in [2.24, 2.45) is 11.3 Å². The minimum atomic E-state index is -4.22. The first-order valence-electron chi connectivity index (χ1n) is 30.4. The SMILES string of the molecule is CC1(C)CCS(=O)(=O)C1.CCCC(C)C.CCCCOc1cccc(C)c1.CCCOc1ccc(OC)cc1.CCCOc1ccc(OCC)cc1.CCCc1ccc(C(F)(F)F)cc1.CCc1ccccc1OC.CCc1ccccc1[N+](=O)[O-]. The van der Waals surface area contributed by atoms with Gasteiger partial charge in [0.15, 0.2) is 9.84 Å². The predicted octanol–water partition coefficient (Wildman–Crippen LogP) is 19.9. The van der Waals surface area contributed by atoms with E-state index in [1.807, 2.05) is 120 Å². The molecule has 0 aromatic heterocycles. The van der Waals surface area contributed by atoms with E-state index in [1.54, 1.807) is 26.4 Å². The average molecular weight is 1220 g/mol. The number of sulfone groups is 1. The van der Waals surface area contributed by atoms with Crippen molar-refractivity contribution in [1.29, 1.82) is 0 Å². The molecule has 0 atom stereocenters. The normalized spacial score (nSPS) is 12.1. The molecule has 0 spiro atoms. The Hall–Kier alpha value is -6.74. The number of nitro benzene ring substituents is 1. The van der Waals surface area contributed by atoms with Crippen molar-refractivity contribution in [3.8, 4) is 34.5 Å². The first-order chi connectivity index (χ1) is 40.9. The van der Waals surface area contributed by atoms with Gasteiger partial charge in [-0.05, 0) is 166 Å². The molecule has 0 saturated carbocycles. The van der Waals surface area contributed by atoms with Crippen molar-refractivity contribution in [3.63, 3.8) is 0 Å². The van der Waals surface area contributed by atoms with Crippen LogP contribution in [0.3, 0.4) is 0 Å². The van der Waals surface area contributed by atoms with Gasteiger partial charge in [0.2, 0.25) is 0 Å². The first kappa shape index (κ1) is 79.3. The molecular weight excluding hydrogens is 1120 g/mol. The molecule has 0 bridgehead atoms. The van der Waals surface area contributed by atoms with E-state index in [1.165, 1.54) is 48.6 Å². The van der Waals surface area contributed by atoms with Crippen LogP contribution in [0, 0.1) is 28.4 Å². The second kappa shape index (κ2) is 46.5. The zero-order chi connectivity index (χ0) is 64.8. The molecule has 480 valence electrons. The number of nitro groups is 1. The quantitative estimate of drug-likeness (QED) is 0.0390. The standard InChI is InChI=1S/C11H16O2.C11H16O.C10H11F3.C10H14O2.C9H12O.C8H9NO2.C6H12O2S.C6H14/c1-3-9-13-11-7-5-10(6-8-11)12-4-2;1-3-4-8-12-11-7-5-6-10(2)9-11;1-2-3-8-4-6-9(7-5-8)10(11,12)13;1-3-8-12-10-6-4-9(11-2)5-7-10;1-3-8-6-4-5-7-9(8)10-2;1-2-7-5-3-4-6-8(7)9(10)11;1-6(2)3-4-9(7,8)5-6;1-4-5-6(2)3/h5-8H,3-4,9H2,1-2H3;5-7,9H,3-4,8H2,1-2H3;4-7H,2-3H2,1H3;4-7H,3,8H2,1-2H3;4-7H,3H2,1-2H3;3-6H,2H2,1H3;3-5H2,1-2H3;6H,4-5H2,1-3H3. The van der Waals surface area contributed by atoms with Gasteiger partial charge in [-0.1, -0.05) is 163 Å². The molecule has 11 nitrogen and oxygen atoms in total. The van der Waals surface area contributed by atoms with Crippen LogP contribution in [0.25, 0.3) is 0 Å². The van der Waals surface area contributed by atoms with Crippen LogP contribution in [0.1, 0.15) is 162 Å². The molecule has 0 amide bonds. The maximum atomic E-state index is 12.1. The van der Waals surface area contributed by atoms with Gasteiger partial charge >= 0.3 is 6.18 Å². The third-order valence-corrected chi connectivity index (χ3v) is 14.5. The topological polar surface area (TPSA) is 133 Å². The lowest BCUT2D eigenvalue weighted by atomic mass is 9.94. The van der Waals surface area contributed by atoms with Crippen LogP contribution in [0.2, 0.25) is 0 Å². The van der Waals surface area contributed by atoms with Crippen molar-refractivity contribution < 1.29 is 54.9 Å². The van der Waals surface area contributed by atoms with Gasteiger partial charge in [0.1, 0.15) is 34.5 Å². The third-order valence-electron chi connectivity index (χ3n) is 12.4. The minimum absolute atomic E-state index is 0.0405. The Morgan fingerprint density at radius 2 is 1.09 bits per heavy atom. The fraction of sp³-hybridized carbons (Fsp3) is 0.493. The molecule has 6 aromatic carbocycles. The van der Waals surface area contributed by atoms with Crippen LogP contribution >= 0.6 is 0 Å². The Bertz CT molecular complexity index is 2730. The van der Waals surface area contributed by atoms with Gasteiger partial charge in [0, 0.05) is 11.6 Å². The predicted molar refractivity (Wildman–Crippen MR) is 351 cm³/mol. The summed E-state index contributed by atoms with van der Waals surface area (Å²) in [6, 6.07) is 43.7. The summed E-state index contributed by atoms with van der Waals surface area (Å²) in [6.07, 6.45) is 7.22. The molecule has 1 aliphatic heterocycles. The maximum Gasteiger partial charge on any atom is 0.416 e. The van der Waals surface area contributed by atoms with Crippen molar-refractivity contribution in [3.05, 3.63) is 184 Å². The molecular formula is C71H104F3NO10S. The number of nitrogens with zero attached hydrogens (tertiary/aromatic N) is 1. The fourth-order valence-corrected chi connectivity index (χ4v) is 10.2. The Balaban J connectivity index is 0.000000967. The molecule has 15 heteroatoms. The fourth-order valence-electron chi connectivity index (χ4n) is 7.83. The van der Waals surface area contributed by atoms with Crippen LogP contribution in [-0.2, 0) is 35.3 Å². The molecule has 86 heavy (non-hydrogen) atoms. The van der Waals surface area contributed by atoms with E-state index < -0.39 is 21.6 Å². The second-order valence-electron chi connectivity index (χ2n) is 21.3. The van der Waals surface area contributed by atoms with E-state index in [0.29, 0.717) is 24.5 Å². The highest BCUT2D eigenvalue weighted by Crippen LogP contribution is 2.31. The maximum absolute atomic E-state index is 12.1. The monoisotopic (exact) mass is 1220 g/mol. The number of methoxy groups -OCH3 is 2. The van der Waals surface area contributed by atoms with E-state index in [2.05, 4.69) is 73.6 Å². The van der Waals surface area contributed by atoms with Gasteiger partial charge in [-0.3, -0.25) is 10.1 Å². The van der Waals surface area contributed by atoms with Crippen LogP contribution in [0.15, 0.2) is 146 Å². The average Bonchev–Trinajstić information content (AvgIpc) is 3.69. The Labute approximate surface area is 516 Å². The largest absolute Gasteiger partial charge is 0.497 e. The molecule has 0 radical (unpaired) electrons. The zero-order valence-electron chi connectivity index (χ0n) is 54.5. The smallest absolute Gasteiger partial charge is 0.416 e. The number of unbranched alkanes of at least 4 members (excludes halogenated alkanes) is 1. The van der Waals surface area contributed by atoms with E-state index in [9.17, 15) is 31.7 Å². The van der Waals surface area contributed by atoms with Crippen LogP contribution < -0.4 is 28.4 Å².